The Balaban J connectivity index is 2.37. The molecule has 0 fully saturated rings. The third kappa shape index (κ3) is 2.67. The Morgan fingerprint density at radius 3 is 2.39 bits per heavy atom. The van der Waals surface area contributed by atoms with Crippen LogP contribution in [-0.4, -0.2) is 0 Å². The van der Waals surface area contributed by atoms with Crippen LogP contribution in [0.3, 0.4) is 0 Å². The van der Waals surface area contributed by atoms with Crippen LogP contribution in [0, 0.1) is 10.7 Å². The van der Waals surface area contributed by atoms with Gasteiger partial charge >= 0.3 is 0 Å². The van der Waals surface area contributed by atoms with Crippen LogP contribution >= 0.6 is 11.8 Å². The molecule has 4 nitrogen and oxygen atoms in total. The smallest absolute Gasteiger partial charge is 0.144 e. The summed E-state index contributed by atoms with van der Waals surface area (Å²) in [6.45, 7) is 0. The fourth-order valence-electron chi connectivity index (χ4n) is 1.42. The van der Waals surface area contributed by atoms with Gasteiger partial charge in [0.15, 0.2) is 0 Å². The van der Waals surface area contributed by atoms with Crippen molar-refractivity contribution in [1.29, 1.82) is 5.26 Å². The van der Waals surface area contributed by atoms with Crippen LogP contribution in [0.2, 0.25) is 0 Å². The van der Waals surface area contributed by atoms with Crippen molar-refractivity contribution in [3.05, 3.63) is 42.5 Å². The van der Waals surface area contributed by atoms with Crippen molar-refractivity contribution in [2.45, 2.75) is 4.90 Å². The maximum atomic E-state index is 8.76. The molecule has 0 aliphatic carbocycles. The molecule has 0 radical (unpaired) electrons. The second-order valence-electron chi connectivity index (χ2n) is 3.54. The number of nitrogen functional groups attached to an aromatic ring is 2. The van der Waals surface area contributed by atoms with Gasteiger partial charge in [0.1, 0.15) is 16.9 Å². The number of rotatable bonds is 3. The molecule has 0 aliphatic heterocycles. The number of thioether (sulfide) groups is 1. The van der Waals surface area contributed by atoms with Gasteiger partial charge in [-0.05, 0) is 30.0 Å². The predicted molar refractivity (Wildman–Crippen MR) is 73.3 cm³/mol. The van der Waals surface area contributed by atoms with Gasteiger partial charge < -0.3 is 16.2 Å². The van der Waals surface area contributed by atoms with E-state index in [2.05, 4.69) is 0 Å². The summed E-state index contributed by atoms with van der Waals surface area (Å²) < 4.78 is 5.69. The Morgan fingerprint density at radius 1 is 1.06 bits per heavy atom. The van der Waals surface area contributed by atoms with Crippen LogP contribution in [0.5, 0.6) is 11.5 Å². The lowest BCUT2D eigenvalue weighted by atomic mass is 10.2. The number of nitrogens with two attached hydrogens (primary N) is 2. The first kappa shape index (κ1) is 12.1. The highest BCUT2D eigenvalue weighted by atomic mass is 32.2. The highest BCUT2D eigenvalue weighted by Gasteiger charge is 2.09. The minimum Gasteiger partial charge on any atom is -0.456 e. The van der Waals surface area contributed by atoms with Gasteiger partial charge in [-0.2, -0.15) is 5.26 Å². The third-order valence-corrected chi connectivity index (χ3v) is 2.91. The molecular formula is C13H11N3OS. The molecule has 18 heavy (non-hydrogen) atoms. The lowest BCUT2D eigenvalue weighted by Crippen LogP contribution is -1.96. The summed E-state index contributed by atoms with van der Waals surface area (Å²) in [5.74, 6) is 1.21. The van der Waals surface area contributed by atoms with E-state index in [1.807, 2.05) is 35.7 Å². The van der Waals surface area contributed by atoms with Crippen molar-refractivity contribution < 1.29 is 4.74 Å². The van der Waals surface area contributed by atoms with Gasteiger partial charge in [-0.15, -0.1) is 0 Å². The first-order valence-electron chi connectivity index (χ1n) is 5.18. The van der Waals surface area contributed by atoms with E-state index in [1.54, 1.807) is 12.1 Å². The Kier molecular flexibility index (Phi) is 3.60. The molecule has 0 amide bonds. The number of para-hydroxylation sites is 1. The molecule has 0 atom stereocenters. The van der Waals surface area contributed by atoms with Gasteiger partial charge in [0.05, 0.1) is 16.3 Å². The molecule has 0 aliphatic rings. The standard InChI is InChI=1S/C13H11N3OS/c14-8-18-13-7-11(16)10(15)6-12(13)17-9-4-2-1-3-5-9/h1-7H,15-16H2. The number of nitrogens with zero attached hydrogens (tertiary/aromatic N) is 1. The summed E-state index contributed by atoms with van der Waals surface area (Å²) in [7, 11) is 0. The Hall–Kier alpha value is -2.32. The normalized spacial score (nSPS) is 9.72. The Labute approximate surface area is 109 Å². The van der Waals surface area contributed by atoms with Crippen molar-refractivity contribution in [2.75, 3.05) is 11.5 Å². The molecule has 5 heteroatoms. The van der Waals surface area contributed by atoms with Crippen LogP contribution in [0.25, 0.3) is 0 Å². The van der Waals surface area contributed by atoms with E-state index in [0.717, 1.165) is 11.8 Å². The highest BCUT2D eigenvalue weighted by Crippen LogP contribution is 2.36. The zero-order valence-electron chi connectivity index (χ0n) is 9.46. The largest absolute Gasteiger partial charge is 0.456 e. The number of hydrogen-bond donors (Lipinski definition) is 2. The number of anilines is 2. The summed E-state index contributed by atoms with van der Waals surface area (Å²) >= 11 is 0.989. The average molecular weight is 257 g/mol. The van der Waals surface area contributed by atoms with E-state index in [9.17, 15) is 0 Å². The van der Waals surface area contributed by atoms with Gasteiger partial charge in [-0.25, -0.2) is 0 Å². The molecule has 0 bridgehead atoms. The second kappa shape index (κ2) is 5.34. The average Bonchev–Trinajstić information content (AvgIpc) is 2.37. The number of benzene rings is 2. The van der Waals surface area contributed by atoms with Crippen LogP contribution in [0.15, 0.2) is 47.4 Å². The zero-order valence-corrected chi connectivity index (χ0v) is 10.3. The lowest BCUT2D eigenvalue weighted by Gasteiger charge is -2.11. The summed E-state index contributed by atoms with van der Waals surface area (Å²) in [6, 6.07) is 12.6. The van der Waals surface area contributed by atoms with Crippen LogP contribution in [0.1, 0.15) is 0 Å². The molecular weight excluding hydrogens is 246 g/mol. The highest BCUT2D eigenvalue weighted by molar-refractivity contribution is 8.03. The SMILES string of the molecule is N#CSc1cc(N)c(N)cc1Oc1ccccc1. The fraction of sp³-hybridized carbons (Fsp3) is 0. The van der Waals surface area contributed by atoms with Crippen molar-refractivity contribution in [3.63, 3.8) is 0 Å². The molecule has 2 aromatic carbocycles. The van der Waals surface area contributed by atoms with E-state index in [1.165, 1.54) is 0 Å². The molecule has 2 aromatic rings. The molecule has 90 valence electrons. The van der Waals surface area contributed by atoms with Crippen LogP contribution < -0.4 is 16.2 Å². The van der Waals surface area contributed by atoms with Gasteiger partial charge in [0.25, 0.3) is 0 Å². The third-order valence-electron chi connectivity index (χ3n) is 2.28. The summed E-state index contributed by atoms with van der Waals surface area (Å²) in [5.41, 5.74) is 12.3. The topological polar surface area (TPSA) is 85.1 Å². The number of thiocyanates is 1. The van der Waals surface area contributed by atoms with Crippen LogP contribution in [0.4, 0.5) is 11.4 Å². The summed E-state index contributed by atoms with van der Waals surface area (Å²) in [4.78, 5) is 0.646. The van der Waals surface area contributed by atoms with E-state index < -0.39 is 0 Å². The Bertz CT molecular complexity index is 593. The van der Waals surface area contributed by atoms with Gasteiger partial charge in [0.2, 0.25) is 0 Å². The molecule has 0 heterocycles. The van der Waals surface area contributed by atoms with Crippen molar-refractivity contribution in [1.82, 2.24) is 0 Å². The van der Waals surface area contributed by atoms with Crippen LogP contribution in [-0.2, 0) is 0 Å². The van der Waals surface area contributed by atoms with E-state index in [4.69, 9.17) is 21.5 Å². The molecule has 2 rings (SSSR count). The van der Waals surface area contributed by atoms with Gasteiger partial charge in [0, 0.05) is 6.07 Å². The Morgan fingerprint density at radius 2 is 1.72 bits per heavy atom. The molecule has 0 spiro atoms. The molecule has 4 N–H and O–H groups in total. The van der Waals surface area contributed by atoms with Gasteiger partial charge in [-0.3, -0.25) is 0 Å². The monoisotopic (exact) mass is 257 g/mol. The fourth-order valence-corrected chi connectivity index (χ4v) is 1.90. The maximum absolute atomic E-state index is 8.76. The van der Waals surface area contributed by atoms with E-state index in [-0.39, 0.29) is 0 Å². The minimum atomic E-state index is 0.434. The lowest BCUT2D eigenvalue weighted by molar-refractivity contribution is 0.471. The first-order valence-corrected chi connectivity index (χ1v) is 6.00. The number of hydrogen-bond acceptors (Lipinski definition) is 5. The second-order valence-corrected chi connectivity index (χ2v) is 4.36. The molecule has 0 saturated heterocycles. The predicted octanol–water partition coefficient (Wildman–Crippen LogP) is 3.22. The minimum absolute atomic E-state index is 0.434. The number of nitriles is 1. The van der Waals surface area contributed by atoms with Crippen molar-refractivity contribution in [3.8, 4) is 16.9 Å². The first-order chi connectivity index (χ1) is 8.70. The van der Waals surface area contributed by atoms with Crippen molar-refractivity contribution >= 4 is 23.1 Å². The molecule has 0 aromatic heterocycles. The zero-order chi connectivity index (χ0) is 13.0. The molecule has 0 saturated carbocycles. The number of ether oxygens (including phenoxy) is 1. The van der Waals surface area contributed by atoms with E-state index >= 15 is 0 Å². The summed E-state index contributed by atoms with van der Waals surface area (Å²) in [5, 5.41) is 10.8. The van der Waals surface area contributed by atoms with E-state index in [0.29, 0.717) is 27.8 Å². The quantitative estimate of drug-likeness (QED) is 0.501. The van der Waals surface area contributed by atoms with Gasteiger partial charge in [-0.1, -0.05) is 18.2 Å². The maximum Gasteiger partial charge on any atom is 0.144 e. The van der Waals surface area contributed by atoms with Crippen molar-refractivity contribution in [2.24, 2.45) is 0 Å². The summed E-state index contributed by atoms with van der Waals surface area (Å²) in [6.07, 6.45) is 0. The molecule has 0 unspecified atom stereocenters.